The summed E-state index contributed by atoms with van der Waals surface area (Å²) >= 11 is 0. The van der Waals surface area contributed by atoms with Crippen LogP contribution in [-0.4, -0.2) is 24.2 Å². The normalized spacial score (nSPS) is 16.8. The molecule has 0 radical (unpaired) electrons. The lowest BCUT2D eigenvalue weighted by atomic mass is 9.88. The molecule has 0 unspecified atom stereocenters. The Morgan fingerprint density at radius 2 is 1.95 bits per heavy atom. The van der Waals surface area contributed by atoms with Crippen LogP contribution in [0.25, 0.3) is 0 Å². The Hall–Kier alpha value is -1.55. The van der Waals surface area contributed by atoms with Crippen molar-refractivity contribution in [3.63, 3.8) is 0 Å². The van der Waals surface area contributed by atoms with Gasteiger partial charge < -0.3 is 16.2 Å². The quantitative estimate of drug-likeness (QED) is 0.694. The van der Waals surface area contributed by atoms with E-state index in [1.54, 1.807) is 0 Å². The summed E-state index contributed by atoms with van der Waals surface area (Å²) in [6, 6.07) is 7.58. The molecule has 1 aliphatic rings. The Morgan fingerprint density at radius 3 is 2.45 bits per heavy atom. The van der Waals surface area contributed by atoms with Crippen molar-refractivity contribution in [3.05, 3.63) is 29.8 Å². The molecule has 1 aromatic carbocycles. The van der Waals surface area contributed by atoms with Gasteiger partial charge in [0, 0.05) is 18.8 Å². The fraction of sp³-hybridized carbons (Fsp3) is 0.562. The Labute approximate surface area is 120 Å². The minimum atomic E-state index is -0.358. The van der Waals surface area contributed by atoms with Gasteiger partial charge in [0.15, 0.2) is 0 Å². The van der Waals surface area contributed by atoms with Crippen LogP contribution in [0.5, 0.6) is 0 Å². The number of anilines is 1. The molecule has 4 N–H and O–H groups in total. The van der Waals surface area contributed by atoms with Crippen molar-refractivity contribution in [3.8, 4) is 0 Å². The average Bonchev–Trinajstić information content (AvgIpc) is 3.18. The van der Waals surface area contributed by atoms with Gasteiger partial charge in [-0.1, -0.05) is 26.0 Å². The summed E-state index contributed by atoms with van der Waals surface area (Å²) in [4.78, 5) is 12.5. The van der Waals surface area contributed by atoms with Crippen LogP contribution in [-0.2, 0) is 10.2 Å². The summed E-state index contributed by atoms with van der Waals surface area (Å²) in [5, 5.41) is 12.1. The van der Waals surface area contributed by atoms with E-state index in [0.717, 1.165) is 18.4 Å². The third kappa shape index (κ3) is 3.12. The van der Waals surface area contributed by atoms with E-state index in [4.69, 9.17) is 10.8 Å². The highest BCUT2D eigenvalue weighted by Crippen LogP contribution is 2.48. The predicted molar refractivity (Wildman–Crippen MR) is 80.3 cm³/mol. The Balaban J connectivity index is 2.00. The van der Waals surface area contributed by atoms with E-state index in [-0.39, 0.29) is 23.3 Å². The van der Waals surface area contributed by atoms with Crippen LogP contribution in [0.4, 0.5) is 5.69 Å². The number of nitrogens with two attached hydrogens (primary N) is 1. The average molecular weight is 276 g/mol. The van der Waals surface area contributed by atoms with E-state index in [1.165, 1.54) is 0 Å². The zero-order chi connectivity index (χ0) is 14.8. The zero-order valence-electron chi connectivity index (χ0n) is 12.3. The Bertz CT molecular complexity index is 476. The molecule has 1 aliphatic carbocycles. The summed E-state index contributed by atoms with van der Waals surface area (Å²) < 4.78 is 0. The van der Waals surface area contributed by atoms with Crippen molar-refractivity contribution in [1.29, 1.82) is 0 Å². The maximum atomic E-state index is 12.5. The Morgan fingerprint density at radius 1 is 1.35 bits per heavy atom. The first-order valence-corrected chi connectivity index (χ1v) is 7.15. The summed E-state index contributed by atoms with van der Waals surface area (Å²) in [6.07, 6.45) is 2.47. The van der Waals surface area contributed by atoms with Gasteiger partial charge in [0.25, 0.3) is 0 Å². The van der Waals surface area contributed by atoms with Gasteiger partial charge in [0.05, 0.1) is 5.41 Å². The first-order chi connectivity index (χ1) is 9.39. The van der Waals surface area contributed by atoms with Crippen LogP contribution in [0.15, 0.2) is 24.3 Å². The molecule has 0 saturated heterocycles. The number of rotatable bonds is 6. The second-order valence-electron chi connectivity index (χ2n) is 6.52. The second kappa shape index (κ2) is 5.44. The summed E-state index contributed by atoms with van der Waals surface area (Å²) in [5.41, 5.74) is 7.01. The topological polar surface area (TPSA) is 75.3 Å². The van der Waals surface area contributed by atoms with Crippen molar-refractivity contribution in [2.75, 3.05) is 18.9 Å². The Kier molecular flexibility index (Phi) is 4.04. The highest BCUT2D eigenvalue weighted by Gasteiger charge is 2.51. The SMILES string of the molecule is CC(C)(CCO)CNC(=O)C1(c2ccc(N)cc2)CC1. The first kappa shape index (κ1) is 14.9. The van der Waals surface area contributed by atoms with E-state index < -0.39 is 0 Å². The lowest BCUT2D eigenvalue weighted by molar-refractivity contribution is -0.124. The summed E-state index contributed by atoms with van der Waals surface area (Å²) in [5.74, 6) is 0.0910. The highest BCUT2D eigenvalue weighted by atomic mass is 16.3. The molecule has 0 aliphatic heterocycles. The van der Waals surface area contributed by atoms with Gasteiger partial charge in [-0.05, 0) is 42.4 Å². The minimum Gasteiger partial charge on any atom is -0.399 e. The number of carbonyl (C=O) groups is 1. The molecule has 1 fully saturated rings. The van der Waals surface area contributed by atoms with E-state index >= 15 is 0 Å². The van der Waals surface area contributed by atoms with Gasteiger partial charge in [-0.3, -0.25) is 4.79 Å². The van der Waals surface area contributed by atoms with Crippen molar-refractivity contribution < 1.29 is 9.90 Å². The molecule has 0 heterocycles. The maximum absolute atomic E-state index is 12.5. The van der Waals surface area contributed by atoms with Gasteiger partial charge >= 0.3 is 0 Å². The standard InChI is InChI=1S/C16H24N2O2/c1-15(2,9-10-19)11-18-14(20)16(7-8-16)12-3-5-13(17)6-4-12/h3-6,19H,7-11,17H2,1-2H3,(H,18,20). The molecule has 0 spiro atoms. The molecule has 1 aromatic rings. The van der Waals surface area contributed by atoms with Gasteiger partial charge in [-0.25, -0.2) is 0 Å². The number of amides is 1. The second-order valence-corrected chi connectivity index (χ2v) is 6.52. The zero-order valence-corrected chi connectivity index (χ0v) is 12.3. The number of nitrogens with one attached hydrogen (secondary N) is 1. The van der Waals surface area contributed by atoms with Gasteiger partial charge in [0.1, 0.15) is 0 Å². The molecule has 1 amide bonds. The molecular formula is C16H24N2O2. The first-order valence-electron chi connectivity index (χ1n) is 7.15. The van der Waals surface area contributed by atoms with Crippen molar-refractivity contribution in [2.45, 2.75) is 38.5 Å². The van der Waals surface area contributed by atoms with Crippen molar-refractivity contribution in [1.82, 2.24) is 5.32 Å². The monoisotopic (exact) mass is 276 g/mol. The number of aliphatic hydroxyl groups is 1. The maximum Gasteiger partial charge on any atom is 0.230 e. The third-order valence-corrected chi connectivity index (χ3v) is 4.16. The number of carbonyl (C=O) groups excluding carboxylic acids is 1. The molecule has 1 saturated carbocycles. The number of nitrogen functional groups attached to an aromatic ring is 1. The van der Waals surface area contributed by atoms with Gasteiger partial charge in [-0.2, -0.15) is 0 Å². The molecule has 110 valence electrons. The molecule has 2 rings (SSSR count). The lowest BCUT2D eigenvalue weighted by Gasteiger charge is -2.25. The number of hydrogen-bond acceptors (Lipinski definition) is 3. The molecule has 0 atom stereocenters. The molecule has 4 nitrogen and oxygen atoms in total. The number of aliphatic hydroxyl groups excluding tert-OH is 1. The fourth-order valence-electron chi connectivity index (χ4n) is 2.45. The highest BCUT2D eigenvalue weighted by molar-refractivity contribution is 5.91. The van der Waals surface area contributed by atoms with Crippen LogP contribution >= 0.6 is 0 Å². The minimum absolute atomic E-state index is 0.0817. The van der Waals surface area contributed by atoms with E-state index in [0.29, 0.717) is 18.7 Å². The van der Waals surface area contributed by atoms with E-state index in [2.05, 4.69) is 5.32 Å². The van der Waals surface area contributed by atoms with Crippen LogP contribution in [0, 0.1) is 5.41 Å². The van der Waals surface area contributed by atoms with Gasteiger partial charge in [-0.15, -0.1) is 0 Å². The molecule has 4 heteroatoms. The molecule has 0 bridgehead atoms. The largest absolute Gasteiger partial charge is 0.399 e. The third-order valence-electron chi connectivity index (χ3n) is 4.16. The fourth-order valence-corrected chi connectivity index (χ4v) is 2.45. The van der Waals surface area contributed by atoms with E-state index in [1.807, 2.05) is 38.1 Å². The van der Waals surface area contributed by atoms with Gasteiger partial charge in [0.2, 0.25) is 5.91 Å². The summed E-state index contributed by atoms with van der Waals surface area (Å²) in [7, 11) is 0. The van der Waals surface area contributed by atoms with Crippen molar-refractivity contribution >= 4 is 11.6 Å². The van der Waals surface area contributed by atoms with Crippen LogP contribution in [0.2, 0.25) is 0 Å². The number of benzene rings is 1. The van der Waals surface area contributed by atoms with Crippen LogP contribution < -0.4 is 11.1 Å². The summed E-state index contributed by atoms with van der Waals surface area (Å²) in [6.45, 7) is 4.83. The lowest BCUT2D eigenvalue weighted by Crippen LogP contribution is -2.40. The molecule has 0 aromatic heterocycles. The predicted octanol–water partition coefficient (Wildman–Crippen LogP) is 1.83. The van der Waals surface area contributed by atoms with E-state index in [9.17, 15) is 4.79 Å². The number of hydrogen-bond donors (Lipinski definition) is 3. The van der Waals surface area contributed by atoms with Crippen LogP contribution in [0.1, 0.15) is 38.7 Å². The molecular weight excluding hydrogens is 252 g/mol. The molecule has 20 heavy (non-hydrogen) atoms. The smallest absolute Gasteiger partial charge is 0.230 e. The van der Waals surface area contributed by atoms with Crippen molar-refractivity contribution in [2.24, 2.45) is 5.41 Å². The van der Waals surface area contributed by atoms with Crippen LogP contribution in [0.3, 0.4) is 0 Å².